The molecule has 178 valence electrons. The van der Waals surface area contributed by atoms with Crippen molar-refractivity contribution < 1.29 is 0 Å². The summed E-state index contributed by atoms with van der Waals surface area (Å²) in [6.07, 6.45) is 0. The Morgan fingerprint density at radius 3 is 1.18 bits per heavy atom. The third kappa shape index (κ3) is 8.72. The van der Waals surface area contributed by atoms with Gasteiger partial charge in [0, 0.05) is 39.3 Å². The van der Waals surface area contributed by atoms with Crippen molar-refractivity contribution in [1.29, 1.82) is 0 Å². The minimum atomic E-state index is 0.550. The second kappa shape index (κ2) is 13.6. The summed E-state index contributed by atoms with van der Waals surface area (Å²) in [5.74, 6) is 0. The summed E-state index contributed by atoms with van der Waals surface area (Å²) in [6, 6.07) is 24.7. The summed E-state index contributed by atoms with van der Waals surface area (Å²) in [6.45, 7) is 3.73. The van der Waals surface area contributed by atoms with E-state index in [1.807, 2.05) is 30.3 Å². The predicted molar refractivity (Wildman–Crippen MR) is 148 cm³/mol. The van der Waals surface area contributed by atoms with Gasteiger partial charge >= 0.3 is 0 Å². The van der Waals surface area contributed by atoms with E-state index in [-0.39, 0.29) is 0 Å². The molecule has 0 amide bonds. The van der Waals surface area contributed by atoms with Gasteiger partial charge in [0.05, 0.1) is 0 Å². The Bertz CT molecular complexity index is 985. The van der Waals surface area contributed by atoms with Crippen LogP contribution in [0.3, 0.4) is 0 Å². The van der Waals surface area contributed by atoms with Crippen LogP contribution in [0.25, 0.3) is 0 Å². The highest BCUT2D eigenvalue weighted by atomic mass is 32.1. The molecule has 3 aromatic rings. The molecule has 0 heterocycles. The third-order valence-electron chi connectivity index (χ3n) is 5.32. The van der Waals surface area contributed by atoms with Crippen LogP contribution in [0.1, 0.15) is 33.4 Å². The summed E-state index contributed by atoms with van der Waals surface area (Å²) in [7, 11) is 0. The summed E-state index contributed by atoms with van der Waals surface area (Å²) < 4.78 is 0. The molecular weight excluding hydrogens is 460 g/mol. The lowest BCUT2D eigenvalue weighted by atomic mass is 10.1. The standard InChI is InChI=1S/C26H32N6S2/c27-13-19-4-8-21(9-5-19)15-29-25(33)31-17-23-2-1-3-24(12-23)18-32-26(34)30-16-22-10-6-20(14-28)7-11-22/h1-12H,13-18,27-28H2,(H2,29,31,33)(H2,30,32,34). The molecular formula is C26H32N6S2. The number of hydrogen-bond acceptors (Lipinski definition) is 4. The van der Waals surface area contributed by atoms with Crippen molar-refractivity contribution in [1.82, 2.24) is 21.3 Å². The fourth-order valence-electron chi connectivity index (χ4n) is 3.29. The summed E-state index contributed by atoms with van der Waals surface area (Å²) in [5, 5.41) is 14.3. The molecule has 0 saturated heterocycles. The molecule has 8 N–H and O–H groups in total. The van der Waals surface area contributed by atoms with Crippen molar-refractivity contribution >= 4 is 34.7 Å². The highest BCUT2D eigenvalue weighted by molar-refractivity contribution is 7.80. The van der Waals surface area contributed by atoms with Crippen molar-refractivity contribution in [2.45, 2.75) is 39.3 Å². The first-order chi connectivity index (χ1) is 16.6. The first-order valence-corrected chi connectivity index (χ1v) is 12.0. The zero-order valence-corrected chi connectivity index (χ0v) is 20.8. The number of rotatable bonds is 10. The molecule has 34 heavy (non-hydrogen) atoms. The molecule has 0 aliphatic heterocycles. The number of benzene rings is 3. The first kappa shape index (κ1) is 25.6. The Balaban J connectivity index is 1.37. The zero-order valence-electron chi connectivity index (χ0n) is 19.1. The maximum Gasteiger partial charge on any atom is 0.166 e. The van der Waals surface area contributed by atoms with Crippen molar-refractivity contribution in [2.75, 3.05) is 0 Å². The number of nitrogens with two attached hydrogens (primary N) is 2. The summed E-state index contributed by atoms with van der Waals surface area (Å²) in [4.78, 5) is 0. The minimum absolute atomic E-state index is 0.550. The third-order valence-corrected chi connectivity index (χ3v) is 5.90. The Morgan fingerprint density at radius 2 is 0.824 bits per heavy atom. The van der Waals surface area contributed by atoms with Crippen molar-refractivity contribution in [3.63, 3.8) is 0 Å². The van der Waals surface area contributed by atoms with E-state index in [1.54, 1.807) is 0 Å². The van der Waals surface area contributed by atoms with Gasteiger partial charge in [-0.15, -0.1) is 0 Å². The Hall–Kier alpha value is -3.04. The first-order valence-electron chi connectivity index (χ1n) is 11.2. The van der Waals surface area contributed by atoms with Crippen LogP contribution < -0.4 is 32.7 Å². The number of nitrogens with one attached hydrogen (secondary N) is 4. The van der Waals surface area contributed by atoms with Crippen molar-refractivity contribution in [2.24, 2.45) is 11.5 Å². The second-order valence-corrected chi connectivity index (χ2v) is 8.75. The Labute approximate surface area is 212 Å². The lowest BCUT2D eigenvalue weighted by molar-refractivity contribution is 0.820. The van der Waals surface area contributed by atoms with Gasteiger partial charge in [0.2, 0.25) is 0 Å². The molecule has 0 aliphatic carbocycles. The van der Waals surface area contributed by atoms with Crippen LogP contribution in [0.15, 0.2) is 72.8 Å². The van der Waals surface area contributed by atoms with Gasteiger partial charge in [-0.25, -0.2) is 0 Å². The minimum Gasteiger partial charge on any atom is -0.359 e. The summed E-state index contributed by atoms with van der Waals surface area (Å²) >= 11 is 10.8. The number of hydrogen-bond donors (Lipinski definition) is 6. The SMILES string of the molecule is NCc1ccc(CNC(=S)NCc2cccc(CNC(=S)NCc3ccc(CN)cc3)c2)cc1. The second-order valence-electron chi connectivity index (χ2n) is 7.93. The molecule has 6 nitrogen and oxygen atoms in total. The van der Waals surface area contributed by atoms with Crippen LogP contribution in [-0.4, -0.2) is 10.2 Å². The largest absolute Gasteiger partial charge is 0.359 e. The fraction of sp³-hybridized carbons (Fsp3) is 0.231. The lowest BCUT2D eigenvalue weighted by Gasteiger charge is -2.13. The maximum absolute atomic E-state index is 5.64. The quantitative estimate of drug-likeness (QED) is 0.240. The van der Waals surface area contributed by atoms with Gasteiger partial charge in [-0.05, 0) is 57.8 Å². The van der Waals surface area contributed by atoms with Crippen LogP contribution in [0.5, 0.6) is 0 Å². The molecule has 0 fully saturated rings. The van der Waals surface area contributed by atoms with Gasteiger partial charge in [-0.1, -0.05) is 72.8 Å². The maximum atomic E-state index is 5.64. The van der Waals surface area contributed by atoms with Crippen molar-refractivity contribution in [3.8, 4) is 0 Å². The highest BCUT2D eigenvalue weighted by Gasteiger charge is 2.02. The van der Waals surface area contributed by atoms with Gasteiger partial charge in [-0.3, -0.25) is 0 Å². The van der Waals surface area contributed by atoms with E-state index in [1.165, 1.54) is 0 Å². The lowest BCUT2D eigenvalue weighted by Crippen LogP contribution is -2.34. The normalized spacial score (nSPS) is 10.4. The highest BCUT2D eigenvalue weighted by Crippen LogP contribution is 2.07. The average Bonchev–Trinajstić information content (AvgIpc) is 2.89. The van der Waals surface area contributed by atoms with Crippen LogP contribution in [0.2, 0.25) is 0 Å². The van der Waals surface area contributed by atoms with E-state index >= 15 is 0 Å². The monoisotopic (exact) mass is 492 g/mol. The molecule has 0 saturated carbocycles. The van der Waals surface area contributed by atoms with Gasteiger partial charge < -0.3 is 32.7 Å². The Kier molecular flexibility index (Phi) is 10.2. The molecule has 0 aromatic heterocycles. The van der Waals surface area contributed by atoms with E-state index in [0.717, 1.165) is 33.4 Å². The molecule has 0 radical (unpaired) electrons. The van der Waals surface area contributed by atoms with Crippen LogP contribution in [-0.2, 0) is 39.3 Å². The van der Waals surface area contributed by atoms with Crippen LogP contribution in [0.4, 0.5) is 0 Å². The van der Waals surface area contributed by atoms with E-state index in [4.69, 9.17) is 35.9 Å². The molecule has 0 aliphatic rings. The zero-order chi connectivity index (χ0) is 24.2. The van der Waals surface area contributed by atoms with Gasteiger partial charge in [0.1, 0.15) is 0 Å². The van der Waals surface area contributed by atoms with E-state index < -0.39 is 0 Å². The van der Waals surface area contributed by atoms with Gasteiger partial charge in [-0.2, -0.15) is 0 Å². The van der Waals surface area contributed by atoms with E-state index in [9.17, 15) is 0 Å². The van der Waals surface area contributed by atoms with Crippen molar-refractivity contribution in [3.05, 3.63) is 106 Å². The Morgan fingerprint density at radius 1 is 0.500 bits per heavy atom. The average molecular weight is 493 g/mol. The molecule has 0 unspecified atom stereocenters. The van der Waals surface area contributed by atoms with Crippen LogP contribution >= 0.6 is 24.4 Å². The molecule has 0 bridgehead atoms. The van der Waals surface area contributed by atoms with E-state index in [0.29, 0.717) is 49.5 Å². The van der Waals surface area contributed by atoms with Crippen LogP contribution in [0, 0.1) is 0 Å². The van der Waals surface area contributed by atoms with Gasteiger partial charge in [0.25, 0.3) is 0 Å². The molecule has 0 spiro atoms. The topological polar surface area (TPSA) is 100 Å². The molecule has 3 rings (SSSR count). The van der Waals surface area contributed by atoms with E-state index in [2.05, 4.69) is 63.7 Å². The molecule has 8 heteroatoms. The van der Waals surface area contributed by atoms with Gasteiger partial charge in [0.15, 0.2) is 10.2 Å². The molecule has 3 aromatic carbocycles. The molecule has 0 atom stereocenters. The predicted octanol–water partition coefficient (Wildman–Crippen LogP) is 2.93. The summed E-state index contributed by atoms with van der Waals surface area (Å²) in [5.41, 5.74) is 18.1. The fourth-order valence-corrected chi connectivity index (χ4v) is 3.58. The smallest absolute Gasteiger partial charge is 0.166 e. The number of thiocarbonyl (C=S) groups is 2.